The lowest BCUT2D eigenvalue weighted by Gasteiger charge is -2.33. The van der Waals surface area contributed by atoms with Gasteiger partial charge in [-0.15, -0.1) is 0 Å². The van der Waals surface area contributed by atoms with Gasteiger partial charge in [-0.2, -0.15) is 0 Å². The Balaban J connectivity index is 1.66. The molecule has 43 heavy (non-hydrogen) atoms. The Morgan fingerprint density at radius 2 is 1.86 bits per heavy atom. The number of likely N-dealkylation sites (N-methyl/N-ethyl adjacent to an activating group) is 1. The number of carboxylic acids is 1. The van der Waals surface area contributed by atoms with Crippen molar-refractivity contribution in [2.75, 3.05) is 19.6 Å². The number of aromatic hydroxyl groups is 1. The molecule has 228 valence electrons. The van der Waals surface area contributed by atoms with Gasteiger partial charge in [-0.05, 0) is 31.0 Å². The van der Waals surface area contributed by atoms with Crippen molar-refractivity contribution in [3.8, 4) is 11.5 Å². The average Bonchev–Trinajstić information content (AvgIpc) is 2.94. The number of halogens is 1. The highest BCUT2D eigenvalue weighted by Gasteiger charge is 2.42. The highest BCUT2D eigenvalue weighted by Crippen LogP contribution is 2.38. The lowest BCUT2D eigenvalue weighted by Crippen LogP contribution is -2.60. The van der Waals surface area contributed by atoms with Crippen LogP contribution in [0.1, 0.15) is 34.5 Å². The Labute approximate surface area is 242 Å². The van der Waals surface area contributed by atoms with Gasteiger partial charge in [0.05, 0.1) is 11.5 Å². The summed E-state index contributed by atoms with van der Waals surface area (Å²) in [6, 6.07) is 2.15. The highest BCUT2D eigenvalue weighted by molar-refractivity contribution is 7.60. The zero-order valence-electron chi connectivity index (χ0n) is 22.3. The van der Waals surface area contributed by atoms with Crippen LogP contribution in [-0.4, -0.2) is 97.2 Å². The normalized spacial score (nSPS) is 17.6. The van der Waals surface area contributed by atoms with Gasteiger partial charge in [0, 0.05) is 25.2 Å². The molecule has 2 aromatic rings. The van der Waals surface area contributed by atoms with E-state index in [0.717, 1.165) is 6.07 Å². The molecular formula is C24H25BFN4O12P. The first-order valence-corrected chi connectivity index (χ1v) is 14.3. The van der Waals surface area contributed by atoms with Crippen molar-refractivity contribution in [3.63, 3.8) is 0 Å². The number of nitrogens with one attached hydrogen (secondary N) is 2. The minimum atomic E-state index is -5.22. The first-order valence-electron chi connectivity index (χ1n) is 12.6. The molecule has 2 atom stereocenters. The Bertz CT molecular complexity index is 1570. The second kappa shape index (κ2) is 12.0. The first kappa shape index (κ1) is 31.4. The number of benzene rings is 2. The summed E-state index contributed by atoms with van der Waals surface area (Å²) in [4.78, 5) is 83.4. The molecule has 1 fully saturated rings. The first-order chi connectivity index (χ1) is 20.1. The smallest absolute Gasteiger partial charge is 0.534 e. The third-order valence-corrected chi connectivity index (χ3v) is 7.87. The van der Waals surface area contributed by atoms with Crippen molar-refractivity contribution >= 4 is 49.7 Å². The van der Waals surface area contributed by atoms with Crippen LogP contribution < -0.4 is 20.6 Å². The van der Waals surface area contributed by atoms with Crippen molar-refractivity contribution in [1.29, 1.82) is 0 Å². The molecule has 7 N–H and O–H groups in total. The second-order valence-corrected chi connectivity index (χ2v) is 11.1. The van der Waals surface area contributed by atoms with E-state index >= 15 is 0 Å². The molecule has 0 bridgehead atoms. The van der Waals surface area contributed by atoms with Crippen molar-refractivity contribution in [1.82, 2.24) is 20.4 Å². The summed E-state index contributed by atoms with van der Waals surface area (Å²) >= 11 is 0. The predicted molar refractivity (Wildman–Crippen MR) is 143 cm³/mol. The van der Waals surface area contributed by atoms with Gasteiger partial charge in [0.15, 0.2) is 11.6 Å². The standard InChI is InChI=1S/C24H25BFN4O12P/c1-2-29-8-9-30(22(34)21(29)33)24(37)28-17(12-6-7-14(43(39,40)41)16(26)18(12)31)20(32)27-15-10-11-4-3-5-13(23(35)36)19(11)42-25(15)38/h3-7,15,17,31,38H,2,8-10H2,1H3,(H,27,32)(H,28,37)(H,35,36)(H2,39,40,41)/t15-,17?/m0/s1. The molecule has 5 amide bonds. The zero-order chi connectivity index (χ0) is 31.8. The minimum Gasteiger partial charge on any atom is -0.534 e. The van der Waals surface area contributed by atoms with Gasteiger partial charge in [-0.25, -0.2) is 14.0 Å². The van der Waals surface area contributed by atoms with E-state index in [9.17, 15) is 58.0 Å². The minimum absolute atomic E-state index is 0.0223. The predicted octanol–water partition coefficient (Wildman–Crippen LogP) is -1.39. The number of phenols is 1. The molecule has 0 aromatic heterocycles. The lowest BCUT2D eigenvalue weighted by molar-refractivity contribution is -0.153. The van der Waals surface area contributed by atoms with Crippen molar-refractivity contribution in [3.05, 3.63) is 52.8 Å². The molecule has 2 aromatic carbocycles. The van der Waals surface area contributed by atoms with Crippen LogP contribution in [0.15, 0.2) is 30.3 Å². The summed E-state index contributed by atoms with van der Waals surface area (Å²) in [5.41, 5.74) is -0.653. The molecule has 0 spiro atoms. The number of carbonyl (C=O) groups excluding carboxylic acids is 4. The van der Waals surface area contributed by atoms with Crippen molar-refractivity contribution in [2.24, 2.45) is 0 Å². The number of carboxylic acid groups (broad SMARTS) is 1. The molecule has 4 rings (SSSR count). The number of nitrogens with zero attached hydrogens (tertiary/aromatic N) is 2. The van der Waals surface area contributed by atoms with Crippen molar-refractivity contribution < 1.29 is 62.6 Å². The largest absolute Gasteiger partial charge is 0.547 e. The molecular weight excluding hydrogens is 597 g/mol. The number of aromatic carboxylic acids is 1. The van der Waals surface area contributed by atoms with Crippen LogP contribution in [-0.2, 0) is 25.4 Å². The molecule has 1 saturated heterocycles. The zero-order valence-corrected chi connectivity index (χ0v) is 23.2. The fraction of sp³-hybridized carbons (Fsp3) is 0.292. The number of para-hydroxylation sites is 1. The maximum atomic E-state index is 14.8. The molecule has 0 aliphatic carbocycles. The van der Waals surface area contributed by atoms with Gasteiger partial charge in [0.2, 0.25) is 5.91 Å². The molecule has 0 saturated carbocycles. The van der Waals surface area contributed by atoms with Gasteiger partial charge in [0.1, 0.15) is 17.1 Å². The second-order valence-electron chi connectivity index (χ2n) is 9.53. The van der Waals surface area contributed by atoms with E-state index < -0.39 is 78.9 Å². The number of fused-ring (bicyclic) bond motifs is 1. The summed E-state index contributed by atoms with van der Waals surface area (Å²) in [5.74, 6) is -9.36. The highest BCUT2D eigenvalue weighted by atomic mass is 31.2. The molecule has 16 nitrogen and oxygen atoms in total. The van der Waals surface area contributed by atoms with Gasteiger partial charge in [-0.3, -0.25) is 23.8 Å². The van der Waals surface area contributed by atoms with E-state index in [-0.39, 0.29) is 42.9 Å². The third kappa shape index (κ3) is 6.17. The monoisotopic (exact) mass is 622 g/mol. The van der Waals surface area contributed by atoms with Crippen LogP contribution in [0.4, 0.5) is 9.18 Å². The number of rotatable bonds is 7. The van der Waals surface area contributed by atoms with Gasteiger partial charge in [-0.1, -0.05) is 18.2 Å². The van der Waals surface area contributed by atoms with E-state index in [1.807, 2.05) is 0 Å². The van der Waals surface area contributed by atoms with Crippen LogP contribution in [0.2, 0.25) is 0 Å². The molecule has 1 unspecified atom stereocenters. The average molecular weight is 622 g/mol. The van der Waals surface area contributed by atoms with Crippen LogP contribution >= 0.6 is 7.60 Å². The summed E-state index contributed by atoms with van der Waals surface area (Å²) in [6.07, 6.45) is -0.173. The molecule has 0 radical (unpaired) electrons. The van der Waals surface area contributed by atoms with Gasteiger partial charge in [0.25, 0.3) is 0 Å². The summed E-state index contributed by atoms with van der Waals surface area (Å²) in [6.45, 7) is 1.51. The Morgan fingerprint density at radius 1 is 1.16 bits per heavy atom. The number of phenolic OH excluding ortho intramolecular Hbond substituents is 1. The Kier molecular flexibility index (Phi) is 8.78. The number of urea groups is 1. The molecule has 2 aliphatic heterocycles. The number of hydrogen-bond donors (Lipinski definition) is 7. The lowest BCUT2D eigenvalue weighted by atomic mass is 9.72. The number of piperazine rings is 1. The Hall–Kier alpha value is -4.51. The summed E-state index contributed by atoms with van der Waals surface area (Å²) in [5, 5.41) is 33.7. The van der Waals surface area contributed by atoms with E-state index in [0.29, 0.717) is 11.0 Å². The molecule has 2 heterocycles. The number of carbonyl (C=O) groups is 5. The quantitative estimate of drug-likeness (QED) is 0.107. The van der Waals surface area contributed by atoms with Crippen LogP contribution in [0, 0.1) is 5.82 Å². The van der Waals surface area contributed by atoms with E-state index in [1.165, 1.54) is 23.1 Å². The number of amides is 5. The van der Waals surface area contributed by atoms with Crippen LogP contribution in [0.3, 0.4) is 0 Å². The summed E-state index contributed by atoms with van der Waals surface area (Å²) < 4.78 is 31.8. The fourth-order valence-corrected chi connectivity index (χ4v) is 5.30. The van der Waals surface area contributed by atoms with E-state index in [1.54, 1.807) is 6.92 Å². The number of hydrogen-bond acceptors (Lipinski definition) is 9. The van der Waals surface area contributed by atoms with Crippen molar-refractivity contribution in [2.45, 2.75) is 25.3 Å². The molecule has 2 aliphatic rings. The third-order valence-electron chi connectivity index (χ3n) is 6.89. The maximum Gasteiger partial charge on any atom is 0.547 e. The Morgan fingerprint density at radius 3 is 2.49 bits per heavy atom. The van der Waals surface area contributed by atoms with Gasteiger partial charge < -0.3 is 45.2 Å². The fourth-order valence-electron chi connectivity index (χ4n) is 4.66. The van der Waals surface area contributed by atoms with Gasteiger partial charge >= 0.3 is 38.5 Å². The van der Waals surface area contributed by atoms with E-state index in [2.05, 4.69) is 10.6 Å². The van der Waals surface area contributed by atoms with Crippen LogP contribution in [0.5, 0.6) is 11.5 Å². The molecule has 19 heteroatoms. The maximum absolute atomic E-state index is 14.8. The SMILES string of the molecule is CCN1CCN(C(=O)NC(C(=O)N[C@H]2Cc3cccc(C(=O)O)c3OB2O)c2ccc(P(=O)(O)O)c(F)c2O)C(=O)C1=O. The number of imide groups is 1. The van der Waals surface area contributed by atoms with E-state index in [4.69, 9.17) is 4.65 Å². The van der Waals surface area contributed by atoms with Crippen LogP contribution in [0.25, 0.3) is 0 Å². The topological polar surface area (TPSA) is 243 Å². The summed E-state index contributed by atoms with van der Waals surface area (Å²) in [7, 11) is -7.03.